The number of ether oxygens (including phenoxy) is 2. The second-order valence-corrected chi connectivity index (χ2v) is 8.37. The van der Waals surface area contributed by atoms with Gasteiger partial charge in [0.15, 0.2) is 11.5 Å². The van der Waals surface area contributed by atoms with Crippen molar-refractivity contribution >= 4 is 29.5 Å². The highest BCUT2D eigenvalue weighted by Crippen LogP contribution is 2.31. The zero-order chi connectivity index (χ0) is 24.1. The van der Waals surface area contributed by atoms with E-state index < -0.39 is 30.4 Å². The maximum absolute atomic E-state index is 13.4. The Balaban J connectivity index is 1.81. The van der Waals surface area contributed by atoms with Gasteiger partial charge in [-0.3, -0.25) is 19.3 Å². The van der Waals surface area contributed by atoms with E-state index in [2.05, 4.69) is 4.74 Å². The minimum atomic E-state index is -2.99. The van der Waals surface area contributed by atoms with Gasteiger partial charge in [-0.1, -0.05) is 18.2 Å². The number of nitrogens with zero attached hydrogens (tertiary/aromatic N) is 2. The fourth-order valence-electron chi connectivity index (χ4n) is 3.69. The number of rotatable bonds is 10. The van der Waals surface area contributed by atoms with Crippen molar-refractivity contribution in [2.45, 2.75) is 25.6 Å². The van der Waals surface area contributed by atoms with E-state index in [4.69, 9.17) is 4.74 Å². The number of carbonyl (C=O) groups is 3. The molecule has 1 heterocycles. The quantitative estimate of drug-likeness (QED) is 0.485. The van der Waals surface area contributed by atoms with Crippen molar-refractivity contribution in [3.63, 3.8) is 0 Å². The van der Waals surface area contributed by atoms with Crippen LogP contribution in [0.25, 0.3) is 0 Å². The van der Waals surface area contributed by atoms with Crippen LogP contribution in [0.3, 0.4) is 0 Å². The number of benzene rings is 2. The van der Waals surface area contributed by atoms with E-state index in [-0.39, 0.29) is 29.2 Å². The first-order valence-electron chi connectivity index (χ1n) is 10.1. The zero-order valence-electron chi connectivity index (χ0n) is 18.4. The molecule has 3 amide bonds. The number of amides is 3. The predicted octanol–water partition coefficient (Wildman–Crippen LogP) is 3.67. The third-order valence-corrected chi connectivity index (χ3v) is 5.90. The van der Waals surface area contributed by atoms with Crippen molar-refractivity contribution in [1.82, 2.24) is 9.80 Å². The molecule has 0 radical (unpaired) electrons. The number of methoxy groups -OCH3 is 1. The van der Waals surface area contributed by atoms with Crippen molar-refractivity contribution < 1.29 is 32.6 Å². The van der Waals surface area contributed by atoms with Crippen molar-refractivity contribution in [3.05, 3.63) is 59.2 Å². The van der Waals surface area contributed by atoms with Crippen LogP contribution >= 0.6 is 11.8 Å². The number of hydrogen-bond donors (Lipinski definition) is 0. The van der Waals surface area contributed by atoms with Gasteiger partial charge in [-0.25, -0.2) is 0 Å². The molecule has 2 aromatic rings. The Hall–Kier alpha value is -3.14. The van der Waals surface area contributed by atoms with Crippen molar-refractivity contribution in [2.24, 2.45) is 0 Å². The van der Waals surface area contributed by atoms with Crippen LogP contribution < -0.4 is 9.47 Å². The van der Waals surface area contributed by atoms with E-state index in [9.17, 15) is 23.2 Å². The standard InChI is InChI=1S/C23H24F2N2O5S/c1-26(13-14-8-9-18(32-23(24)25)19(12-14)31-2)22(30)17(10-11-33-3)27-20(28)15-6-4-5-7-16(15)21(27)29/h4-9,12,17,23H,10-11,13H2,1-3H3. The molecule has 0 bridgehead atoms. The normalized spacial score (nSPS) is 13.8. The number of hydrogen-bond acceptors (Lipinski definition) is 6. The number of carbonyl (C=O) groups excluding carboxylic acids is 3. The van der Waals surface area contributed by atoms with Gasteiger partial charge in [0, 0.05) is 13.6 Å². The lowest BCUT2D eigenvalue weighted by Gasteiger charge is -2.29. The first-order chi connectivity index (χ1) is 15.8. The monoisotopic (exact) mass is 478 g/mol. The molecule has 0 saturated carbocycles. The molecular weight excluding hydrogens is 454 g/mol. The summed E-state index contributed by atoms with van der Waals surface area (Å²) in [4.78, 5) is 41.7. The molecule has 33 heavy (non-hydrogen) atoms. The highest BCUT2D eigenvalue weighted by atomic mass is 32.2. The molecule has 3 rings (SSSR count). The fraction of sp³-hybridized carbons (Fsp3) is 0.348. The topological polar surface area (TPSA) is 76.2 Å². The SMILES string of the molecule is COc1cc(CN(C)C(=O)C(CCSC)N2C(=O)c3ccccc3C2=O)ccc1OC(F)F. The summed E-state index contributed by atoms with van der Waals surface area (Å²) < 4.78 is 34.7. The molecule has 0 N–H and O–H groups in total. The van der Waals surface area contributed by atoms with Crippen molar-refractivity contribution in [3.8, 4) is 11.5 Å². The zero-order valence-corrected chi connectivity index (χ0v) is 19.2. The first kappa shape index (κ1) is 24.5. The van der Waals surface area contributed by atoms with Gasteiger partial charge >= 0.3 is 6.61 Å². The van der Waals surface area contributed by atoms with Crippen molar-refractivity contribution in [1.29, 1.82) is 0 Å². The summed E-state index contributed by atoms with van der Waals surface area (Å²) in [7, 11) is 2.88. The van der Waals surface area contributed by atoms with Gasteiger partial charge in [0.05, 0.1) is 18.2 Å². The van der Waals surface area contributed by atoms with Gasteiger partial charge in [-0.15, -0.1) is 0 Å². The molecule has 1 aliphatic rings. The highest BCUT2D eigenvalue weighted by molar-refractivity contribution is 7.98. The number of likely N-dealkylation sites (N-methyl/N-ethyl adjacent to an activating group) is 1. The Bertz CT molecular complexity index is 1010. The molecule has 176 valence electrons. The Morgan fingerprint density at radius 1 is 1.09 bits per heavy atom. The lowest BCUT2D eigenvalue weighted by molar-refractivity contribution is -0.134. The Labute approximate surface area is 194 Å². The summed E-state index contributed by atoms with van der Waals surface area (Å²) >= 11 is 1.51. The second-order valence-electron chi connectivity index (χ2n) is 7.38. The van der Waals surface area contributed by atoms with Gasteiger partial charge in [0.25, 0.3) is 11.8 Å². The molecule has 0 aromatic heterocycles. The van der Waals surface area contributed by atoms with Crippen LogP contribution in [0.4, 0.5) is 8.78 Å². The average molecular weight is 479 g/mol. The van der Waals surface area contributed by atoms with E-state index in [1.54, 1.807) is 37.4 Å². The summed E-state index contributed by atoms with van der Waals surface area (Å²) in [5.41, 5.74) is 1.17. The molecule has 10 heteroatoms. The molecule has 1 atom stereocenters. The second kappa shape index (κ2) is 10.7. The van der Waals surface area contributed by atoms with Gasteiger partial charge in [0.1, 0.15) is 6.04 Å². The third kappa shape index (κ3) is 5.27. The summed E-state index contributed by atoms with van der Waals surface area (Å²) in [6.07, 6.45) is 2.18. The van der Waals surface area contributed by atoms with Crippen LogP contribution in [-0.4, -0.2) is 66.3 Å². The maximum Gasteiger partial charge on any atom is 0.387 e. The number of alkyl halides is 2. The van der Waals surface area contributed by atoms with Gasteiger partial charge in [-0.2, -0.15) is 20.5 Å². The molecule has 0 fully saturated rings. The Morgan fingerprint density at radius 3 is 2.27 bits per heavy atom. The largest absolute Gasteiger partial charge is 0.493 e. The minimum Gasteiger partial charge on any atom is -0.493 e. The lowest BCUT2D eigenvalue weighted by atomic mass is 10.1. The Morgan fingerprint density at radius 2 is 1.73 bits per heavy atom. The molecule has 2 aromatic carbocycles. The average Bonchev–Trinajstić information content (AvgIpc) is 3.05. The minimum absolute atomic E-state index is 0.105. The molecule has 1 aliphatic heterocycles. The maximum atomic E-state index is 13.4. The van der Waals surface area contributed by atoms with Crippen LogP contribution in [0.2, 0.25) is 0 Å². The van der Waals surface area contributed by atoms with Crippen LogP contribution in [0.15, 0.2) is 42.5 Å². The summed E-state index contributed by atoms with van der Waals surface area (Å²) in [6, 6.07) is 9.92. The summed E-state index contributed by atoms with van der Waals surface area (Å²) in [5, 5.41) is 0. The summed E-state index contributed by atoms with van der Waals surface area (Å²) in [6.45, 7) is -2.88. The van der Waals surface area contributed by atoms with E-state index >= 15 is 0 Å². The number of fused-ring (bicyclic) bond motifs is 1. The van der Waals surface area contributed by atoms with Crippen LogP contribution in [0.1, 0.15) is 32.7 Å². The van der Waals surface area contributed by atoms with E-state index in [1.807, 2.05) is 6.26 Å². The summed E-state index contributed by atoms with van der Waals surface area (Å²) in [5.74, 6) is -0.810. The lowest BCUT2D eigenvalue weighted by Crippen LogP contribution is -2.50. The van der Waals surface area contributed by atoms with Gasteiger partial charge in [0.2, 0.25) is 5.91 Å². The van der Waals surface area contributed by atoms with Gasteiger partial charge in [-0.05, 0) is 48.3 Å². The highest BCUT2D eigenvalue weighted by Gasteiger charge is 2.43. The predicted molar refractivity (Wildman–Crippen MR) is 120 cm³/mol. The third-order valence-electron chi connectivity index (χ3n) is 5.26. The van der Waals surface area contributed by atoms with Crippen LogP contribution in [-0.2, 0) is 11.3 Å². The first-order valence-corrected chi connectivity index (χ1v) is 11.5. The smallest absolute Gasteiger partial charge is 0.387 e. The van der Waals surface area contributed by atoms with Crippen molar-refractivity contribution in [2.75, 3.05) is 26.2 Å². The fourth-order valence-corrected chi connectivity index (χ4v) is 4.15. The van der Waals surface area contributed by atoms with Gasteiger partial charge < -0.3 is 14.4 Å². The molecule has 7 nitrogen and oxygen atoms in total. The number of halogens is 2. The number of imide groups is 1. The molecular formula is C23H24F2N2O5S. The van der Waals surface area contributed by atoms with E-state index in [0.29, 0.717) is 17.7 Å². The van der Waals surface area contributed by atoms with Crippen LogP contribution in [0, 0.1) is 0 Å². The van der Waals surface area contributed by atoms with E-state index in [0.717, 1.165) is 4.90 Å². The molecule has 0 aliphatic carbocycles. The molecule has 1 unspecified atom stereocenters. The van der Waals surface area contributed by atoms with Crippen LogP contribution in [0.5, 0.6) is 11.5 Å². The van der Waals surface area contributed by atoms with E-state index in [1.165, 1.54) is 35.9 Å². The Kier molecular flexibility index (Phi) is 7.91. The molecule has 0 spiro atoms. The molecule has 0 saturated heterocycles. The number of thioether (sulfide) groups is 1.